The second kappa shape index (κ2) is 8.65. The molecule has 0 aliphatic heterocycles. The van der Waals surface area contributed by atoms with Gasteiger partial charge in [0, 0.05) is 22.6 Å². The van der Waals surface area contributed by atoms with Crippen LogP contribution in [-0.2, 0) is 6.18 Å². The molecule has 0 N–H and O–H groups in total. The minimum absolute atomic E-state index is 0.283. The average molecular weight is 472 g/mol. The van der Waals surface area contributed by atoms with Gasteiger partial charge in [0.15, 0.2) is 0 Å². The zero-order valence-electron chi connectivity index (χ0n) is 17.5. The van der Waals surface area contributed by atoms with Crippen LogP contribution in [0.15, 0.2) is 88.7 Å². The Kier molecular flexibility index (Phi) is 5.52. The van der Waals surface area contributed by atoms with E-state index < -0.39 is 11.7 Å². The molecule has 34 heavy (non-hydrogen) atoms. The van der Waals surface area contributed by atoms with Gasteiger partial charge in [-0.15, -0.1) is 11.3 Å². The van der Waals surface area contributed by atoms with E-state index in [2.05, 4.69) is 17.1 Å². The molecule has 0 amide bonds. The molecule has 3 aromatic carbocycles. The van der Waals surface area contributed by atoms with E-state index in [9.17, 15) is 18.4 Å². The number of alkyl halides is 3. The summed E-state index contributed by atoms with van der Waals surface area (Å²) in [6.07, 6.45) is -2.90. The monoisotopic (exact) mass is 472 g/mol. The first-order chi connectivity index (χ1) is 16.4. The zero-order chi connectivity index (χ0) is 23.7. The van der Waals surface area contributed by atoms with Gasteiger partial charge in [0.25, 0.3) is 0 Å². The van der Waals surface area contributed by atoms with Crippen molar-refractivity contribution in [3.63, 3.8) is 0 Å². The smallest absolute Gasteiger partial charge is 0.416 e. The molecule has 3 nitrogen and oxygen atoms in total. The van der Waals surface area contributed by atoms with Crippen LogP contribution in [0.25, 0.3) is 45.0 Å². The number of rotatable bonds is 4. The van der Waals surface area contributed by atoms with Gasteiger partial charge in [-0.25, -0.2) is 4.98 Å². The second-order valence-electron chi connectivity index (χ2n) is 7.55. The molecular formula is C27H15F3N2OS. The number of thiazole rings is 1. The Bertz CT molecular complexity index is 1570. The molecule has 0 atom stereocenters. The molecule has 0 unspecified atom stereocenters. The lowest BCUT2D eigenvalue weighted by molar-refractivity contribution is -0.137. The van der Waals surface area contributed by atoms with Gasteiger partial charge in [-0.3, -0.25) is 0 Å². The van der Waals surface area contributed by atoms with Crippen LogP contribution >= 0.6 is 11.3 Å². The fraction of sp³-hybridized carbons (Fsp3) is 0.0370. The lowest BCUT2D eigenvalue weighted by Crippen LogP contribution is -2.04. The molecule has 0 spiro atoms. The van der Waals surface area contributed by atoms with Crippen LogP contribution in [0, 0.1) is 11.3 Å². The molecule has 2 aromatic heterocycles. The van der Waals surface area contributed by atoms with E-state index in [4.69, 9.17) is 4.42 Å². The predicted molar refractivity (Wildman–Crippen MR) is 128 cm³/mol. The zero-order valence-corrected chi connectivity index (χ0v) is 18.3. The van der Waals surface area contributed by atoms with Crippen LogP contribution in [0.4, 0.5) is 13.2 Å². The van der Waals surface area contributed by atoms with Crippen LogP contribution in [0.5, 0.6) is 0 Å². The van der Waals surface area contributed by atoms with Crippen LogP contribution in [0.3, 0.4) is 0 Å². The third kappa shape index (κ3) is 4.36. The summed E-state index contributed by atoms with van der Waals surface area (Å²) in [5.41, 5.74) is 1.57. The summed E-state index contributed by atoms with van der Waals surface area (Å²) in [6.45, 7) is 0. The number of halogens is 3. The van der Waals surface area contributed by atoms with Crippen molar-refractivity contribution in [2.45, 2.75) is 6.18 Å². The minimum atomic E-state index is -4.44. The fourth-order valence-electron chi connectivity index (χ4n) is 3.60. The Labute approximate surface area is 197 Å². The largest absolute Gasteiger partial charge is 0.457 e. The summed E-state index contributed by atoms with van der Waals surface area (Å²) in [7, 11) is 0. The van der Waals surface area contributed by atoms with Crippen molar-refractivity contribution in [3.05, 3.63) is 101 Å². The molecule has 0 saturated heterocycles. The van der Waals surface area contributed by atoms with Crippen molar-refractivity contribution >= 4 is 33.8 Å². The third-order valence-electron chi connectivity index (χ3n) is 5.29. The molecule has 0 fully saturated rings. The highest BCUT2D eigenvalue weighted by molar-refractivity contribution is 7.11. The van der Waals surface area contributed by atoms with Crippen LogP contribution in [0.2, 0.25) is 0 Å². The molecule has 0 saturated carbocycles. The number of hydrogen-bond acceptors (Lipinski definition) is 4. The van der Waals surface area contributed by atoms with Crippen molar-refractivity contribution in [2.24, 2.45) is 0 Å². The van der Waals surface area contributed by atoms with Crippen molar-refractivity contribution in [1.29, 1.82) is 5.26 Å². The minimum Gasteiger partial charge on any atom is -0.457 e. The highest BCUT2D eigenvalue weighted by atomic mass is 32.1. The van der Waals surface area contributed by atoms with E-state index in [1.807, 2.05) is 41.8 Å². The van der Waals surface area contributed by atoms with E-state index in [1.54, 1.807) is 24.3 Å². The topological polar surface area (TPSA) is 49.8 Å². The summed E-state index contributed by atoms with van der Waals surface area (Å²) in [6, 6.07) is 24.4. The number of allylic oxidation sites excluding steroid dienone is 1. The van der Waals surface area contributed by atoms with Crippen molar-refractivity contribution in [1.82, 2.24) is 4.98 Å². The molecule has 0 bridgehead atoms. The number of benzene rings is 3. The second-order valence-corrected chi connectivity index (χ2v) is 8.41. The number of hydrogen-bond donors (Lipinski definition) is 0. The number of aromatic nitrogens is 1. The summed E-state index contributed by atoms with van der Waals surface area (Å²) in [5.74, 6) is 0.636. The first kappa shape index (κ1) is 21.7. The maximum Gasteiger partial charge on any atom is 0.416 e. The van der Waals surface area contributed by atoms with E-state index in [0.717, 1.165) is 34.2 Å². The van der Waals surface area contributed by atoms with Gasteiger partial charge in [-0.05, 0) is 41.1 Å². The SMILES string of the molecule is N#CC(=Cc1ccc(-c2cccc(C(F)(F)F)c2)o1)c1nc(-c2ccc3ccccc3c2)cs1. The molecule has 2 heterocycles. The summed E-state index contributed by atoms with van der Waals surface area (Å²) in [5, 5.41) is 14.3. The van der Waals surface area contributed by atoms with E-state index in [1.165, 1.54) is 17.4 Å². The quantitative estimate of drug-likeness (QED) is 0.247. The number of nitriles is 1. The Hall–Kier alpha value is -4.15. The number of furan rings is 1. The normalized spacial score (nSPS) is 12.1. The number of nitrogens with zero attached hydrogens (tertiary/aromatic N) is 2. The van der Waals surface area contributed by atoms with Gasteiger partial charge >= 0.3 is 6.18 Å². The highest BCUT2D eigenvalue weighted by Gasteiger charge is 2.30. The maximum atomic E-state index is 13.0. The third-order valence-corrected chi connectivity index (χ3v) is 6.16. The maximum absolute atomic E-state index is 13.0. The molecule has 0 aliphatic rings. The first-order valence-corrected chi connectivity index (χ1v) is 11.1. The molecule has 5 rings (SSSR count). The molecule has 7 heteroatoms. The molecule has 0 aliphatic carbocycles. The summed E-state index contributed by atoms with van der Waals surface area (Å²) < 4.78 is 44.8. The predicted octanol–water partition coefficient (Wildman–Crippen LogP) is 8.31. The fourth-order valence-corrected chi connectivity index (χ4v) is 4.39. The van der Waals surface area contributed by atoms with Crippen LogP contribution < -0.4 is 0 Å². The molecule has 5 aromatic rings. The number of fused-ring (bicyclic) bond motifs is 1. The molecule has 0 radical (unpaired) electrons. The van der Waals surface area contributed by atoms with Gasteiger partial charge in [0.2, 0.25) is 0 Å². The Morgan fingerprint density at radius 3 is 2.53 bits per heavy atom. The van der Waals surface area contributed by atoms with Crippen LogP contribution in [-0.4, -0.2) is 4.98 Å². The van der Waals surface area contributed by atoms with Crippen molar-refractivity contribution in [2.75, 3.05) is 0 Å². The Morgan fingerprint density at radius 2 is 1.74 bits per heavy atom. The molecule has 166 valence electrons. The summed E-state index contributed by atoms with van der Waals surface area (Å²) in [4.78, 5) is 4.62. The van der Waals surface area contributed by atoms with E-state index in [0.29, 0.717) is 21.9 Å². The average Bonchev–Trinajstić information content (AvgIpc) is 3.52. The molecular weight excluding hydrogens is 457 g/mol. The van der Waals surface area contributed by atoms with E-state index in [-0.39, 0.29) is 5.76 Å². The van der Waals surface area contributed by atoms with Gasteiger partial charge < -0.3 is 4.42 Å². The van der Waals surface area contributed by atoms with Crippen molar-refractivity contribution < 1.29 is 17.6 Å². The lowest BCUT2D eigenvalue weighted by atomic mass is 10.1. The first-order valence-electron chi connectivity index (χ1n) is 10.2. The lowest BCUT2D eigenvalue weighted by Gasteiger charge is -2.07. The van der Waals surface area contributed by atoms with Gasteiger partial charge in [-0.1, -0.05) is 48.5 Å². The van der Waals surface area contributed by atoms with Gasteiger partial charge in [-0.2, -0.15) is 18.4 Å². The van der Waals surface area contributed by atoms with E-state index >= 15 is 0 Å². The Morgan fingerprint density at radius 1 is 0.912 bits per heavy atom. The summed E-state index contributed by atoms with van der Waals surface area (Å²) >= 11 is 1.34. The highest BCUT2D eigenvalue weighted by Crippen LogP contribution is 2.34. The van der Waals surface area contributed by atoms with Crippen molar-refractivity contribution in [3.8, 4) is 28.7 Å². The van der Waals surface area contributed by atoms with Crippen LogP contribution in [0.1, 0.15) is 16.3 Å². The van der Waals surface area contributed by atoms with Gasteiger partial charge in [0.1, 0.15) is 22.6 Å². The Balaban J connectivity index is 1.43. The standard InChI is InChI=1S/C27H15F3N2OS/c28-27(29,30)22-7-3-6-20(13-22)25-11-10-23(33-25)14-21(15-31)26-32-24(16-34-26)19-9-8-17-4-1-2-5-18(17)12-19/h1-14,16H. The van der Waals surface area contributed by atoms with Gasteiger partial charge in [0.05, 0.1) is 16.8 Å².